The Balaban J connectivity index is 2.30. The highest BCUT2D eigenvalue weighted by molar-refractivity contribution is 5.58. The monoisotopic (exact) mass is 271 g/mol. The molecular weight excluding hydrogens is 250 g/mol. The van der Waals surface area contributed by atoms with E-state index < -0.39 is 0 Å². The van der Waals surface area contributed by atoms with Gasteiger partial charge in [-0.3, -0.25) is 0 Å². The molecule has 2 rings (SSSR count). The van der Waals surface area contributed by atoms with E-state index in [4.69, 9.17) is 15.2 Å². The van der Waals surface area contributed by atoms with Gasteiger partial charge in [0.2, 0.25) is 0 Å². The lowest BCUT2D eigenvalue weighted by Crippen LogP contribution is -1.98. The highest BCUT2D eigenvalue weighted by Crippen LogP contribution is 2.35. The van der Waals surface area contributed by atoms with Gasteiger partial charge in [-0.15, -0.1) is 0 Å². The molecular formula is C17H21NO2. The van der Waals surface area contributed by atoms with Crippen LogP contribution in [0.2, 0.25) is 0 Å². The van der Waals surface area contributed by atoms with Crippen molar-refractivity contribution in [2.75, 3.05) is 12.8 Å². The summed E-state index contributed by atoms with van der Waals surface area (Å²) in [5.74, 6) is 2.69. The minimum atomic E-state index is 0.450. The molecule has 0 saturated heterocycles. The lowest BCUT2D eigenvalue weighted by molar-refractivity contribution is 0.413. The first-order chi connectivity index (χ1) is 9.65. The van der Waals surface area contributed by atoms with Gasteiger partial charge in [-0.1, -0.05) is 32.0 Å². The second-order valence-corrected chi connectivity index (χ2v) is 4.85. The molecule has 20 heavy (non-hydrogen) atoms. The third kappa shape index (κ3) is 3.05. The van der Waals surface area contributed by atoms with Crippen LogP contribution in [-0.4, -0.2) is 7.11 Å². The van der Waals surface area contributed by atoms with Crippen LogP contribution in [0.4, 0.5) is 5.69 Å². The van der Waals surface area contributed by atoms with E-state index in [-0.39, 0.29) is 0 Å². The minimum absolute atomic E-state index is 0.450. The summed E-state index contributed by atoms with van der Waals surface area (Å²) in [5.41, 5.74) is 7.77. The Morgan fingerprint density at radius 2 is 1.85 bits per heavy atom. The van der Waals surface area contributed by atoms with Crippen LogP contribution in [0.25, 0.3) is 0 Å². The number of nitrogen functional groups attached to an aromatic ring is 1. The van der Waals surface area contributed by atoms with E-state index in [9.17, 15) is 0 Å². The molecule has 0 heterocycles. The number of hydrogen-bond donors (Lipinski definition) is 1. The molecule has 0 saturated carbocycles. The molecule has 0 fully saturated rings. The van der Waals surface area contributed by atoms with Gasteiger partial charge in [-0.05, 0) is 36.1 Å². The van der Waals surface area contributed by atoms with E-state index in [1.54, 1.807) is 13.2 Å². The number of para-hydroxylation sites is 1. The zero-order valence-corrected chi connectivity index (χ0v) is 12.2. The summed E-state index contributed by atoms with van der Waals surface area (Å²) in [5, 5.41) is 0. The number of ether oxygens (including phenoxy) is 2. The highest BCUT2D eigenvalue weighted by Gasteiger charge is 2.11. The van der Waals surface area contributed by atoms with Gasteiger partial charge in [-0.2, -0.15) is 0 Å². The molecule has 1 atom stereocenters. The molecule has 0 aliphatic rings. The number of benzene rings is 2. The Morgan fingerprint density at radius 3 is 2.50 bits per heavy atom. The minimum Gasteiger partial charge on any atom is -0.497 e. The van der Waals surface area contributed by atoms with Crippen LogP contribution in [0.15, 0.2) is 42.5 Å². The van der Waals surface area contributed by atoms with Gasteiger partial charge in [0.05, 0.1) is 12.8 Å². The fourth-order valence-corrected chi connectivity index (χ4v) is 2.07. The summed E-state index contributed by atoms with van der Waals surface area (Å²) in [6, 6.07) is 13.5. The maximum atomic E-state index is 6.00. The SMILES string of the molecule is CCC(C)c1ccccc1Oc1ccc(OC)cc1N. The average Bonchev–Trinajstić information content (AvgIpc) is 2.49. The number of nitrogens with two attached hydrogens (primary N) is 1. The zero-order chi connectivity index (χ0) is 14.5. The molecule has 1 unspecified atom stereocenters. The molecule has 2 aromatic carbocycles. The van der Waals surface area contributed by atoms with Crippen LogP contribution < -0.4 is 15.2 Å². The average molecular weight is 271 g/mol. The van der Waals surface area contributed by atoms with Crippen molar-refractivity contribution in [2.24, 2.45) is 0 Å². The van der Waals surface area contributed by atoms with Crippen molar-refractivity contribution in [3.63, 3.8) is 0 Å². The number of anilines is 1. The number of rotatable bonds is 5. The molecule has 0 spiro atoms. The molecule has 106 valence electrons. The molecule has 0 amide bonds. The van der Waals surface area contributed by atoms with Crippen molar-refractivity contribution in [3.05, 3.63) is 48.0 Å². The molecule has 3 heteroatoms. The standard InChI is InChI=1S/C17H21NO2/c1-4-12(2)14-7-5-6-8-16(14)20-17-10-9-13(19-3)11-15(17)18/h5-12H,4,18H2,1-3H3. The van der Waals surface area contributed by atoms with Gasteiger partial charge in [0.1, 0.15) is 11.5 Å². The lowest BCUT2D eigenvalue weighted by Gasteiger charge is -2.16. The fourth-order valence-electron chi connectivity index (χ4n) is 2.07. The van der Waals surface area contributed by atoms with Crippen molar-refractivity contribution in [1.82, 2.24) is 0 Å². The smallest absolute Gasteiger partial charge is 0.150 e. The normalized spacial score (nSPS) is 11.9. The molecule has 0 bridgehead atoms. The Bertz CT molecular complexity index is 581. The van der Waals surface area contributed by atoms with Gasteiger partial charge >= 0.3 is 0 Å². The summed E-state index contributed by atoms with van der Waals surface area (Å²) in [6.07, 6.45) is 1.07. The third-order valence-electron chi connectivity index (χ3n) is 3.50. The lowest BCUT2D eigenvalue weighted by atomic mass is 9.98. The van der Waals surface area contributed by atoms with Crippen LogP contribution in [0.1, 0.15) is 31.7 Å². The second kappa shape index (κ2) is 6.33. The summed E-state index contributed by atoms with van der Waals surface area (Å²) >= 11 is 0. The van der Waals surface area contributed by atoms with Crippen molar-refractivity contribution in [1.29, 1.82) is 0 Å². The Kier molecular flexibility index (Phi) is 4.51. The van der Waals surface area contributed by atoms with E-state index in [2.05, 4.69) is 19.9 Å². The highest BCUT2D eigenvalue weighted by atomic mass is 16.5. The molecule has 0 aromatic heterocycles. The van der Waals surface area contributed by atoms with Gasteiger partial charge in [-0.25, -0.2) is 0 Å². The summed E-state index contributed by atoms with van der Waals surface area (Å²) in [4.78, 5) is 0. The maximum absolute atomic E-state index is 6.00. The summed E-state index contributed by atoms with van der Waals surface area (Å²) < 4.78 is 11.1. The largest absolute Gasteiger partial charge is 0.497 e. The second-order valence-electron chi connectivity index (χ2n) is 4.85. The van der Waals surface area contributed by atoms with E-state index in [0.717, 1.165) is 17.9 Å². The van der Waals surface area contributed by atoms with Gasteiger partial charge < -0.3 is 15.2 Å². The third-order valence-corrected chi connectivity index (χ3v) is 3.50. The topological polar surface area (TPSA) is 44.5 Å². The number of methoxy groups -OCH3 is 1. The fraction of sp³-hybridized carbons (Fsp3) is 0.294. The predicted octanol–water partition coefficient (Wildman–Crippen LogP) is 4.58. The number of hydrogen-bond acceptors (Lipinski definition) is 3. The van der Waals surface area contributed by atoms with Crippen molar-refractivity contribution >= 4 is 5.69 Å². The van der Waals surface area contributed by atoms with Crippen molar-refractivity contribution in [2.45, 2.75) is 26.2 Å². The molecule has 2 N–H and O–H groups in total. The maximum Gasteiger partial charge on any atom is 0.150 e. The zero-order valence-electron chi connectivity index (χ0n) is 12.2. The molecule has 0 aliphatic heterocycles. The Labute approximate surface area is 120 Å². The molecule has 2 aromatic rings. The molecule has 0 aliphatic carbocycles. The van der Waals surface area contributed by atoms with E-state index in [0.29, 0.717) is 17.4 Å². The quantitative estimate of drug-likeness (QED) is 0.809. The summed E-state index contributed by atoms with van der Waals surface area (Å²) in [6.45, 7) is 4.36. The van der Waals surface area contributed by atoms with Crippen LogP contribution in [0.3, 0.4) is 0 Å². The van der Waals surface area contributed by atoms with Crippen molar-refractivity contribution < 1.29 is 9.47 Å². The van der Waals surface area contributed by atoms with Gasteiger partial charge in [0.15, 0.2) is 5.75 Å². The van der Waals surface area contributed by atoms with Gasteiger partial charge in [0, 0.05) is 6.07 Å². The van der Waals surface area contributed by atoms with Crippen LogP contribution in [0.5, 0.6) is 17.2 Å². The Hall–Kier alpha value is -2.16. The van der Waals surface area contributed by atoms with Crippen molar-refractivity contribution in [3.8, 4) is 17.2 Å². The first-order valence-electron chi connectivity index (χ1n) is 6.86. The molecule has 0 radical (unpaired) electrons. The first-order valence-corrected chi connectivity index (χ1v) is 6.86. The van der Waals surface area contributed by atoms with Crippen LogP contribution >= 0.6 is 0 Å². The van der Waals surface area contributed by atoms with E-state index in [1.165, 1.54) is 5.56 Å². The predicted molar refractivity (Wildman–Crippen MR) is 82.6 cm³/mol. The van der Waals surface area contributed by atoms with E-state index >= 15 is 0 Å². The summed E-state index contributed by atoms with van der Waals surface area (Å²) in [7, 11) is 1.62. The van der Waals surface area contributed by atoms with E-state index in [1.807, 2.05) is 30.3 Å². The van der Waals surface area contributed by atoms with Crippen LogP contribution in [-0.2, 0) is 0 Å². The first kappa shape index (κ1) is 14.3. The van der Waals surface area contributed by atoms with Gasteiger partial charge in [0.25, 0.3) is 0 Å². The van der Waals surface area contributed by atoms with Crippen LogP contribution in [0, 0.1) is 0 Å². The molecule has 3 nitrogen and oxygen atoms in total. The Morgan fingerprint density at radius 1 is 1.10 bits per heavy atom.